The van der Waals surface area contributed by atoms with E-state index < -0.39 is 0 Å². The average Bonchev–Trinajstić information content (AvgIpc) is 2.95. The number of hydrogen-bond donors (Lipinski definition) is 1. The molecule has 1 unspecified atom stereocenters. The molecule has 4 heteroatoms. The van der Waals surface area contributed by atoms with E-state index in [4.69, 9.17) is 6.57 Å². The number of carbonyl (C=O) groups is 1. The van der Waals surface area contributed by atoms with E-state index in [1.165, 1.54) is 19.3 Å². The molecule has 4 fully saturated rings. The van der Waals surface area contributed by atoms with Crippen molar-refractivity contribution in [2.24, 2.45) is 23.2 Å². The molecule has 4 rings (SSSR count). The Kier molecular flexibility index (Phi) is 3.96. The molecule has 4 atom stereocenters. The minimum absolute atomic E-state index is 0.107. The SMILES string of the molecule is [C-]#[N+][C@@H]1CCCN1C(=O)CNCC1CC[C@@H]2C[C@@H]1C2(C)C. The number of fused-ring (bicyclic) bond motifs is 2. The minimum Gasteiger partial charge on any atom is -0.308 e. The topological polar surface area (TPSA) is 36.7 Å². The highest BCUT2D eigenvalue weighted by Crippen LogP contribution is 2.61. The molecule has 0 spiro atoms. The number of rotatable bonds is 4. The van der Waals surface area contributed by atoms with Crippen molar-refractivity contribution >= 4 is 5.91 Å². The number of nitrogens with zero attached hydrogens (tertiary/aromatic N) is 2. The van der Waals surface area contributed by atoms with Crippen molar-refractivity contribution in [1.82, 2.24) is 10.2 Å². The van der Waals surface area contributed by atoms with Gasteiger partial charge in [-0.3, -0.25) is 14.5 Å². The number of nitrogens with one attached hydrogen (secondary N) is 1. The Morgan fingerprint density at radius 1 is 1.38 bits per heavy atom. The van der Waals surface area contributed by atoms with Crippen molar-refractivity contribution in [2.75, 3.05) is 19.6 Å². The van der Waals surface area contributed by atoms with Crippen molar-refractivity contribution in [3.63, 3.8) is 0 Å². The molecule has 1 heterocycles. The zero-order valence-electron chi connectivity index (χ0n) is 13.3. The highest BCUT2D eigenvalue weighted by atomic mass is 16.2. The summed E-state index contributed by atoms with van der Waals surface area (Å²) < 4.78 is 0. The van der Waals surface area contributed by atoms with Crippen LogP contribution in [0.5, 0.6) is 0 Å². The number of likely N-dealkylation sites (tertiary alicyclic amines) is 1. The van der Waals surface area contributed by atoms with Crippen molar-refractivity contribution < 1.29 is 4.79 Å². The van der Waals surface area contributed by atoms with Gasteiger partial charge in [0.25, 0.3) is 0 Å². The van der Waals surface area contributed by atoms with Gasteiger partial charge >= 0.3 is 6.17 Å². The van der Waals surface area contributed by atoms with Gasteiger partial charge in [-0.05, 0) is 55.4 Å². The molecule has 4 nitrogen and oxygen atoms in total. The lowest BCUT2D eigenvalue weighted by Crippen LogP contribution is -2.54. The second kappa shape index (κ2) is 5.61. The van der Waals surface area contributed by atoms with Crippen LogP contribution in [0.25, 0.3) is 4.85 Å². The second-order valence-corrected chi connectivity index (χ2v) is 7.67. The standard InChI is InChI=1S/C17H27N3O/c1-17(2)13-7-6-12(14(17)9-13)10-19-11-16(21)20-8-4-5-15(20)18-3/h12-15,19H,4-11H2,1-2H3/t12?,13-,14+,15+/m1/s1. The van der Waals surface area contributed by atoms with Crippen LogP contribution in [0.4, 0.5) is 0 Å². The van der Waals surface area contributed by atoms with Crippen LogP contribution < -0.4 is 5.32 Å². The van der Waals surface area contributed by atoms with Crippen LogP contribution in [-0.4, -0.2) is 36.6 Å². The summed E-state index contributed by atoms with van der Waals surface area (Å²) in [4.78, 5) is 17.5. The van der Waals surface area contributed by atoms with Crippen LogP contribution in [0.15, 0.2) is 0 Å². The quantitative estimate of drug-likeness (QED) is 0.807. The average molecular weight is 289 g/mol. The third kappa shape index (κ3) is 2.57. The molecule has 1 amide bonds. The lowest BCUT2D eigenvalue weighted by molar-refractivity contribution is -0.130. The lowest BCUT2D eigenvalue weighted by Gasteiger charge is -2.60. The predicted molar refractivity (Wildman–Crippen MR) is 82.3 cm³/mol. The fraction of sp³-hybridized carbons (Fsp3) is 0.882. The van der Waals surface area contributed by atoms with E-state index in [-0.39, 0.29) is 12.1 Å². The first-order valence-corrected chi connectivity index (χ1v) is 8.40. The Labute approximate surface area is 128 Å². The normalized spacial score (nSPS) is 36.9. The summed E-state index contributed by atoms with van der Waals surface area (Å²) in [6.45, 7) is 14.1. The van der Waals surface area contributed by atoms with E-state index in [1.807, 2.05) is 0 Å². The van der Waals surface area contributed by atoms with Crippen LogP contribution in [0.3, 0.4) is 0 Å². The minimum atomic E-state index is -0.208. The van der Waals surface area contributed by atoms with Gasteiger partial charge in [-0.25, -0.2) is 6.57 Å². The molecular formula is C17H27N3O. The number of hydrogen-bond acceptors (Lipinski definition) is 2. The van der Waals surface area contributed by atoms with Crippen LogP contribution in [-0.2, 0) is 4.79 Å². The van der Waals surface area contributed by atoms with Crippen LogP contribution in [0.1, 0.15) is 46.0 Å². The zero-order chi connectivity index (χ0) is 15.0. The Morgan fingerprint density at radius 2 is 2.19 bits per heavy atom. The maximum Gasteiger partial charge on any atom is 0.300 e. The Morgan fingerprint density at radius 3 is 2.86 bits per heavy atom. The third-order valence-electron chi connectivity index (χ3n) is 6.37. The first-order chi connectivity index (χ1) is 10.0. The van der Waals surface area contributed by atoms with Gasteiger partial charge in [-0.15, -0.1) is 0 Å². The van der Waals surface area contributed by atoms with E-state index in [1.54, 1.807) is 4.90 Å². The fourth-order valence-corrected chi connectivity index (χ4v) is 4.85. The molecule has 1 N–H and O–H groups in total. The summed E-state index contributed by atoms with van der Waals surface area (Å²) in [5.41, 5.74) is 0.513. The van der Waals surface area contributed by atoms with E-state index >= 15 is 0 Å². The van der Waals surface area contributed by atoms with Crippen LogP contribution in [0.2, 0.25) is 0 Å². The van der Waals surface area contributed by atoms with Gasteiger partial charge in [0.05, 0.1) is 6.54 Å². The molecule has 3 saturated carbocycles. The summed E-state index contributed by atoms with van der Waals surface area (Å²) in [5, 5.41) is 3.38. The number of carbonyl (C=O) groups excluding carboxylic acids is 1. The van der Waals surface area contributed by atoms with Crippen molar-refractivity contribution in [2.45, 2.75) is 52.1 Å². The predicted octanol–water partition coefficient (Wildman–Crippen LogP) is 2.52. The van der Waals surface area contributed by atoms with Crippen LogP contribution in [0, 0.1) is 29.7 Å². The third-order valence-corrected chi connectivity index (χ3v) is 6.37. The number of amides is 1. The highest BCUT2D eigenvalue weighted by Gasteiger charge is 2.53. The molecule has 2 bridgehead atoms. The molecule has 1 saturated heterocycles. The summed E-state index contributed by atoms with van der Waals surface area (Å²) in [6, 6.07) is 0. The van der Waals surface area contributed by atoms with Crippen molar-refractivity contribution in [3.05, 3.63) is 11.4 Å². The van der Waals surface area contributed by atoms with E-state index in [0.29, 0.717) is 12.0 Å². The van der Waals surface area contributed by atoms with E-state index in [9.17, 15) is 4.79 Å². The lowest BCUT2D eigenvalue weighted by atomic mass is 9.45. The summed E-state index contributed by atoms with van der Waals surface area (Å²) in [5.74, 6) is 2.61. The smallest absolute Gasteiger partial charge is 0.300 e. The highest BCUT2D eigenvalue weighted by molar-refractivity contribution is 5.79. The first-order valence-electron chi connectivity index (χ1n) is 8.40. The zero-order valence-corrected chi connectivity index (χ0v) is 13.3. The van der Waals surface area contributed by atoms with Crippen LogP contribution >= 0.6 is 0 Å². The Bertz CT molecular complexity index is 451. The second-order valence-electron chi connectivity index (χ2n) is 7.67. The van der Waals surface area contributed by atoms with Gasteiger partial charge in [0.15, 0.2) is 0 Å². The largest absolute Gasteiger partial charge is 0.308 e. The van der Waals surface area contributed by atoms with Gasteiger partial charge in [0.2, 0.25) is 5.91 Å². The molecule has 0 aromatic carbocycles. The summed E-state index contributed by atoms with van der Waals surface area (Å²) >= 11 is 0. The van der Waals surface area contributed by atoms with Gasteiger partial charge in [0, 0.05) is 13.0 Å². The molecule has 0 radical (unpaired) electrons. The Hall–Kier alpha value is -1.08. The molecule has 0 aromatic heterocycles. The molecule has 4 aliphatic rings. The van der Waals surface area contributed by atoms with Gasteiger partial charge in [0.1, 0.15) is 0 Å². The maximum atomic E-state index is 12.2. The van der Waals surface area contributed by atoms with E-state index in [2.05, 4.69) is 24.0 Å². The fourth-order valence-electron chi connectivity index (χ4n) is 4.85. The van der Waals surface area contributed by atoms with Gasteiger partial charge < -0.3 is 5.32 Å². The maximum absolute atomic E-state index is 12.2. The summed E-state index contributed by atoms with van der Waals surface area (Å²) in [7, 11) is 0. The molecule has 116 valence electrons. The molecule has 3 aliphatic carbocycles. The van der Waals surface area contributed by atoms with E-state index in [0.717, 1.165) is 43.7 Å². The van der Waals surface area contributed by atoms with Gasteiger partial charge in [-0.1, -0.05) is 13.8 Å². The Balaban J connectivity index is 1.44. The van der Waals surface area contributed by atoms with Gasteiger partial charge in [-0.2, -0.15) is 0 Å². The van der Waals surface area contributed by atoms with Crippen molar-refractivity contribution in [3.8, 4) is 0 Å². The molecular weight excluding hydrogens is 262 g/mol. The molecule has 21 heavy (non-hydrogen) atoms. The first kappa shape index (κ1) is 14.8. The van der Waals surface area contributed by atoms with Crippen molar-refractivity contribution in [1.29, 1.82) is 0 Å². The summed E-state index contributed by atoms with van der Waals surface area (Å²) in [6.07, 6.45) is 5.66. The monoisotopic (exact) mass is 289 g/mol. The molecule has 1 aliphatic heterocycles. The molecule has 0 aromatic rings.